The standard InChI is InChI=1S/C13H11FN4/c1-8-2-3-11(10(14)6-8)18-13-12(16)9(7-15)4-5-17-13/h2-6H,16H2,1H3,(H,17,18). The average Bonchev–Trinajstić information content (AvgIpc) is 2.35. The number of rotatable bonds is 2. The van der Waals surface area contributed by atoms with Crippen molar-refractivity contribution in [1.82, 2.24) is 4.98 Å². The topological polar surface area (TPSA) is 74.7 Å². The van der Waals surface area contributed by atoms with Crippen molar-refractivity contribution in [2.45, 2.75) is 6.92 Å². The maximum Gasteiger partial charge on any atom is 0.155 e. The average molecular weight is 242 g/mol. The lowest BCUT2D eigenvalue weighted by Gasteiger charge is -2.10. The van der Waals surface area contributed by atoms with Crippen molar-refractivity contribution in [3.05, 3.63) is 47.4 Å². The highest BCUT2D eigenvalue weighted by Gasteiger charge is 2.08. The normalized spacial score (nSPS) is 9.83. The Morgan fingerprint density at radius 1 is 1.39 bits per heavy atom. The van der Waals surface area contributed by atoms with E-state index in [-0.39, 0.29) is 17.2 Å². The Balaban J connectivity index is 2.38. The highest BCUT2D eigenvalue weighted by Crippen LogP contribution is 2.25. The number of pyridine rings is 1. The second-order valence-corrected chi connectivity index (χ2v) is 3.84. The molecular weight excluding hydrogens is 231 g/mol. The van der Waals surface area contributed by atoms with Gasteiger partial charge in [0.15, 0.2) is 5.82 Å². The van der Waals surface area contributed by atoms with E-state index in [9.17, 15) is 4.39 Å². The van der Waals surface area contributed by atoms with Gasteiger partial charge in [-0.25, -0.2) is 9.37 Å². The van der Waals surface area contributed by atoms with Crippen LogP contribution in [0, 0.1) is 24.1 Å². The third-order valence-corrected chi connectivity index (χ3v) is 2.49. The number of nitrogens with two attached hydrogens (primary N) is 1. The van der Waals surface area contributed by atoms with Crippen LogP contribution < -0.4 is 11.1 Å². The minimum Gasteiger partial charge on any atom is -0.395 e. The summed E-state index contributed by atoms with van der Waals surface area (Å²) in [6.07, 6.45) is 1.45. The van der Waals surface area contributed by atoms with E-state index in [4.69, 9.17) is 11.0 Å². The van der Waals surface area contributed by atoms with Gasteiger partial charge in [-0.3, -0.25) is 0 Å². The molecule has 2 rings (SSSR count). The second-order valence-electron chi connectivity index (χ2n) is 3.84. The molecule has 0 aliphatic heterocycles. The van der Waals surface area contributed by atoms with E-state index in [1.54, 1.807) is 19.1 Å². The largest absolute Gasteiger partial charge is 0.395 e. The van der Waals surface area contributed by atoms with Crippen LogP contribution in [0.1, 0.15) is 11.1 Å². The Morgan fingerprint density at radius 2 is 2.17 bits per heavy atom. The zero-order chi connectivity index (χ0) is 13.1. The molecule has 4 nitrogen and oxygen atoms in total. The van der Waals surface area contributed by atoms with Crippen molar-refractivity contribution in [3.63, 3.8) is 0 Å². The lowest BCUT2D eigenvalue weighted by atomic mass is 10.2. The zero-order valence-corrected chi connectivity index (χ0v) is 9.74. The molecule has 0 unspecified atom stereocenters. The summed E-state index contributed by atoms with van der Waals surface area (Å²) in [5.74, 6) is -0.115. The molecule has 0 spiro atoms. The van der Waals surface area contributed by atoms with Crippen LogP contribution in [0.2, 0.25) is 0 Å². The first-order chi connectivity index (χ1) is 8.61. The third kappa shape index (κ3) is 2.23. The van der Waals surface area contributed by atoms with Crippen LogP contribution in [0.25, 0.3) is 0 Å². The summed E-state index contributed by atoms with van der Waals surface area (Å²) in [6, 6.07) is 8.24. The van der Waals surface area contributed by atoms with Crippen molar-refractivity contribution in [2.24, 2.45) is 0 Å². The predicted octanol–water partition coefficient (Wildman–Crippen LogP) is 2.73. The number of nitriles is 1. The van der Waals surface area contributed by atoms with Crippen molar-refractivity contribution >= 4 is 17.2 Å². The van der Waals surface area contributed by atoms with Crippen LogP contribution in [0.4, 0.5) is 21.6 Å². The number of aryl methyl sites for hydroxylation is 1. The quantitative estimate of drug-likeness (QED) is 0.849. The number of nitrogens with one attached hydrogen (secondary N) is 1. The molecule has 18 heavy (non-hydrogen) atoms. The summed E-state index contributed by atoms with van der Waals surface area (Å²) in [5.41, 5.74) is 7.36. The summed E-state index contributed by atoms with van der Waals surface area (Å²) in [6.45, 7) is 1.80. The number of benzene rings is 1. The predicted molar refractivity (Wildman–Crippen MR) is 67.8 cm³/mol. The Kier molecular flexibility index (Phi) is 3.11. The minimum atomic E-state index is -0.390. The van der Waals surface area contributed by atoms with Crippen LogP contribution in [-0.2, 0) is 0 Å². The van der Waals surface area contributed by atoms with E-state index in [1.807, 2.05) is 6.07 Å². The summed E-state index contributed by atoms with van der Waals surface area (Å²) < 4.78 is 13.7. The Morgan fingerprint density at radius 3 is 2.83 bits per heavy atom. The van der Waals surface area contributed by atoms with Gasteiger partial charge >= 0.3 is 0 Å². The van der Waals surface area contributed by atoms with Gasteiger partial charge in [0.05, 0.1) is 16.9 Å². The molecule has 0 aliphatic carbocycles. The highest BCUT2D eigenvalue weighted by atomic mass is 19.1. The van der Waals surface area contributed by atoms with Crippen LogP contribution in [0.5, 0.6) is 0 Å². The summed E-state index contributed by atoms with van der Waals surface area (Å²) in [5, 5.41) is 11.6. The lowest BCUT2D eigenvalue weighted by molar-refractivity contribution is 0.630. The first kappa shape index (κ1) is 11.9. The van der Waals surface area contributed by atoms with Gasteiger partial charge in [0.25, 0.3) is 0 Å². The molecule has 0 atom stereocenters. The van der Waals surface area contributed by atoms with Gasteiger partial charge in [-0.1, -0.05) is 6.07 Å². The monoisotopic (exact) mass is 242 g/mol. The second kappa shape index (κ2) is 4.72. The van der Waals surface area contributed by atoms with Crippen molar-refractivity contribution < 1.29 is 4.39 Å². The number of nitrogen functional groups attached to an aromatic ring is 1. The number of aromatic nitrogens is 1. The molecule has 90 valence electrons. The Labute approximate surface area is 104 Å². The van der Waals surface area contributed by atoms with Crippen LogP contribution >= 0.6 is 0 Å². The maximum atomic E-state index is 13.7. The molecule has 0 aliphatic rings. The fraction of sp³-hybridized carbons (Fsp3) is 0.0769. The summed E-state index contributed by atoms with van der Waals surface area (Å²) in [7, 11) is 0. The van der Waals surface area contributed by atoms with Gasteiger partial charge in [0.2, 0.25) is 0 Å². The van der Waals surface area contributed by atoms with Crippen molar-refractivity contribution in [1.29, 1.82) is 5.26 Å². The molecule has 0 radical (unpaired) electrons. The summed E-state index contributed by atoms with van der Waals surface area (Å²) >= 11 is 0. The van der Waals surface area contributed by atoms with E-state index < -0.39 is 5.82 Å². The van der Waals surface area contributed by atoms with Gasteiger partial charge in [0.1, 0.15) is 11.9 Å². The van der Waals surface area contributed by atoms with Gasteiger partial charge in [-0.15, -0.1) is 0 Å². The fourth-order valence-electron chi connectivity index (χ4n) is 1.52. The number of halogens is 1. The first-order valence-electron chi connectivity index (χ1n) is 5.29. The number of hydrogen-bond acceptors (Lipinski definition) is 4. The summed E-state index contributed by atoms with van der Waals surface area (Å²) in [4.78, 5) is 3.99. The molecule has 0 bridgehead atoms. The molecule has 1 aromatic carbocycles. The maximum absolute atomic E-state index is 13.7. The molecule has 0 amide bonds. The van der Waals surface area contributed by atoms with E-state index >= 15 is 0 Å². The van der Waals surface area contributed by atoms with Crippen LogP contribution in [0.3, 0.4) is 0 Å². The van der Waals surface area contributed by atoms with Gasteiger partial charge in [0, 0.05) is 6.20 Å². The minimum absolute atomic E-state index is 0.208. The molecule has 2 aromatic rings. The van der Waals surface area contributed by atoms with Crippen molar-refractivity contribution in [2.75, 3.05) is 11.1 Å². The number of anilines is 3. The third-order valence-electron chi connectivity index (χ3n) is 2.49. The van der Waals surface area contributed by atoms with Crippen molar-refractivity contribution in [3.8, 4) is 6.07 Å². The fourth-order valence-corrected chi connectivity index (χ4v) is 1.52. The molecule has 0 saturated carbocycles. The molecule has 1 aromatic heterocycles. The number of hydrogen-bond donors (Lipinski definition) is 2. The SMILES string of the molecule is Cc1ccc(Nc2nccc(C#N)c2N)c(F)c1. The molecule has 5 heteroatoms. The van der Waals surface area contributed by atoms with Crippen LogP contribution in [-0.4, -0.2) is 4.98 Å². The Bertz CT molecular complexity index is 631. The molecule has 0 saturated heterocycles. The van der Waals surface area contributed by atoms with Gasteiger partial charge in [-0.2, -0.15) is 5.26 Å². The van der Waals surface area contributed by atoms with Gasteiger partial charge in [-0.05, 0) is 30.7 Å². The molecule has 0 fully saturated rings. The highest BCUT2D eigenvalue weighted by molar-refractivity contribution is 5.73. The molecule has 1 heterocycles. The van der Waals surface area contributed by atoms with Gasteiger partial charge < -0.3 is 11.1 Å². The first-order valence-corrected chi connectivity index (χ1v) is 5.29. The lowest BCUT2D eigenvalue weighted by Crippen LogP contribution is -2.02. The van der Waals surface area contributed by atoms with E-state index in [0.717, 1.165) is 5.56 Å². The van der Waals surface area contributed by atoms with E-state index in [1.165, 1.54) is 18.3 Å². The number of nitrogens with zero attached hydrogens (tertiary/aromatic N) is 2. The Hall–Kier alpha value is -2.61. The van der Waals surface area contributed by atoms with E-state index in [0.29, 0.717) is 5.56 Å². The molecular formula is C13H11FN4. The smallest absolute Gasteiger partial charge is 0.155 e. The zero-order valence-electron chi connectivity index (χ0n) is 9.74. The molecule has 3 N–H and O–H groups in total. The van der Waals surface area contributed by atoms with E-state index in [2.05, 4.69) is 10.3 Å². The van der Waals surface area contributed by atoms with Crippen LogP contribution in [0.15, 0.2) is 30.5 Å².